The third-order valence-corrected chi connectivity index (χ3v) is 3.81. The van der Waals surface area contributed by atoms with Gasteiger partial charge in [-0.15, -0.1) is 0 Å². The molecule has 0 N–H and O–H groups in total. The fourth-order valence-electron chi connectivity index (χ4n) is 2.50. The van der Waals surface area contributed by atoms with Crippen molar-refractivity contribution in [2.24, 2.45) is 4.99 Å². The number of carboxylic acids is 1. The Morgan fingerprint density at radius 3 is 2.48 bits per heavy atom. The van der Waals surface area contributed by atoms with Crippen molar-refractivity contribution in [3.63, 3.8) is 0 Å². The van der Waals surface area contributed by atoms with Crippen molar-refractivity contribution in [3.8, 4) is 0 Å². The highest BCUT2D eigenvalue weighted by Crippen LogP contribution is 2.28. The van der Waals surface area contributed by atoms with E-state index in [1.165, 1.54) is 6.08 Å². The summed E-state index contributed by atoms with van der Waals surface area (Å²) in [6.07, 6.45) is -0.133. The number of carbonyl (C=O) groups excluding carboxylic acids is 1. The summed E-state index contributed by atoms with van der Waals surface area (Å²) in [7, 11) is 0. The Balaban J connectivity index is 1.91. The molecular weight excluding hydrogens is 359 g/mol. The van der Waals surface area contributed by atoms with Crippen LogP contribution in [0.5, 0.6) is 0 Å². The number of aliphatic imine (C=N–C) groups is 1. The molecule has 1 aromatic carbocycles. The fourth-order valence-corrected chi connectivity index (χ4v) is 2.50. The number of allylic oxidation sites excluding steroid dienone is 2. The number of aromatic nitrogens is 2. The number of rotatable bonds is 4. The number of hydrogen-bond acceptors (Lipinski definition) is 5. The Morgan fingerprint density at radius 1 is 1.15 bits per heavy atom. The van der Waals surface area contributed by atoms with Crippen LogP contribution < -0.4 is 5.11 Å². The van der Waals surface area contributed by atoms with Crippen molar-refractivity contribution in [2.45, 2.75) is 13.1 Å². The highest BCUT2D eigenvalue weighted by Gasteiger charge is 2.33. The van der Waals surface area contributed by atoms with E-state index in [-0.39, 0.29) is 5.69 Å². The van der Waals surface area contributed by atoms with Crippen LogP contribution in [0.3, 0.4) is 0 Å². The normalized spacial score (nSPS) is 14.4. The Hall–Kier alpha value is -3.29. The third kappa shape index (κ3) is 4.28. The number of hydrogen-bond donors (Lipinski definition) is 0. The van der Waals surface area contributed by atoms with E-state index in [1.807, 2.05) is 37.3 Å². The molecule has 27 heavy (non-hydrogen) atoms. The molecule has 0 unspecified atom stereocenters. The fraction of sp³-hybridized carbons (Fsp3) is 0.158. The average Bonchev–Trinajstić information content (AvgIpc) is 3.08. The minimum absolute atomic E-state index is 0.187. The Morgan fingerprint density at radius 2 is 1.85 bits per heavy atom. The molecule has 0 saturated carbocycles. The van der Waals surface area contributed by atoms with Gasteiger partial charge in [0.25, 0.3) is 0 Å². The second-order valence-corrected chi connectivity index (χ2v) is 5.83. The van der Waals surface area contributed by atoms with Crippen molar-refractivity contribution in [3.05, 3.63) is 76.4 Å². The first-order chi connectivity index (χ1) is 12.7. The highest BCUT2D eigenvalue weighted by atomic mass is 19.4. The first kappa shape index (κ1) is 18.5. The lowest BCUT2D eigenvalue weighted by atomic mass is 10.0. The van der Waals surface area contributed by atoms with Gasteiger partial charge in [-0.2, -0.15) is 13.2 Å². The van der Waals surface area contributed by atoms with Crippen LogP contribution in [0.1, 0.15) is 33.1 Å². The summed E-state index contributed by atoms with van der Waals surface area (Å²) in [5.74, 6) is -2.89. The van der Waals surface area contributed by atoms with Crippen LogP contribution in [-0.4, -0.2) is 28.2 Å². The predicted octanol–water partition coefficient (Wildman–Crippen LogP) is 2.61. The Kier molecular flexibility index (Phi) is 4.89. The second kappa shape index (κ2) is 7.14. The first-order valence-electron chi connectivity index (χ1n) is 7.92. The van der Waals surface area contributed by atoms with E-state index in [9.17, 15) is 23.1 Å². The van der Waals surface area contributed by atoms with E-state index in [4.69, 9.17) is 0 Å². The standard InChI is InChI=1S/C19H14F3N3O2/c1-11-2-4-12(5-3-11)16-13(8-9-23-16)6-7-14-10-15(19(20,21)22)25-17(24-14)18(26)27/h2-8,10H,9H2,1H3,(H,26,27)/p-1/b7-6+. The van der Waals surface area contributed by atoms with Gasteiger partial charge in [0.15, 0.2) is 5.82 Å². The minimum atomic E-state index is -4.79. The number of aryl methyl sites for hydroxylation is 1. The Labute approximate surface area is 152 Å². The summed E-state index contributed by atoms with van der Waals surface area (Å²) in [4.78, 5) is 21.9. The molecule has 3 rings (SSSR count). The molecule has 0 fully saturated rings. The SMILES string of the molecule is Cc1ccc(C2=NCC=C2/C=C/c2cc(C(F)(F)F)nc(C(=O)[O-])n2)cc1. The van der Waals surface area contributed by atoms with Crippen LogP contribution in [-0.2, 0) is 6.18 Å². The lowest BCUT2D eigenvalue weighted by Gasteiger charge is -2.09. The van der Waals surface area contributed by atoms with Crippen LogP contribution in [0, 0.1) is 6.92 Å². The van der Waals surface area contributed by atoms with Crippen molar-refractivity contribution < 1.29 is 23.1 Å². The van der Waals surface area contributed by atoms with Crippen LogP contribution in [0.25, 0.3) is 6.08 Å². The number of halogens is 3. The maximum Gasteiger partial charge on any atom is 0.433 e. The van der Waals surface area contributed by atoms with Crippen molar-refractivity contribution in [2.75, 3.05) is 6.54 Å². The van der Waals surface area contributed by atoms with E-state index < -0.39 is 23.7 Å². The topological polar surface area (TPSA) is 78.3 Å². The minimum Gasteiger partial charge on any atom is -0.542 e. The first-order valence-corrected chi connectivity index (χ1v) is 7.92. The molecule has 0 bridgehead atoms. The van der Waals surface area contributed by atoms with Gasteiger partial charge in [-0.05, 0) is 24.6 Å². The Bertz CT molecular complexity index is 975. The maximum atomic E-state index is 12.9. The summed E-state index contributed by atoms with van der Waals surface area (Å²) in [5.41, 5.74) is 1.85. The largest absolute Gasteiger partial charge is 0.542 e. The summed E-state index contributed by atoms with van der Waals surface area (Å²) >= 11 is 0. The summed E-state index contributed by atoms with van der Waals surface area (Å²) in [6, 6.07) is 8.36. The number of carbonyl (C=O) groups is 1. The molecule has 2 aromatic rings. The van der Waals surface area contributed by atoms with Crippen molar-refractivity contribution >= 4 is 17.8 Å². The number of benzene rings is 1. The van der Waals surface area contributed by atoms with Crippen LogP contribution in [0.4, 0.5) is 13.2 Å². The number of alkyl halides is 3. The molecule has 0 spiro atoms. The molecule has 8 heteroatoms. The number of aromatic carboxylic acids is 1. The highest BCUT2D eigenvalue weighted by molar-refractivity contribution is 6.16. The van der Waals surface area contributed by atoms with Crippen LogP contribution in [0.15, 0.2) is 53.0 Å². The van der Waals surface area contributed by atoms with Gasteiger partial charge in [0, 0.05) is 5.56 Å². The monoisotopic (exact) mass is 372 g/mol. The van der Waals surface area contributed by atoms with E-state index in [2.05, 4.69) is 15.0 Å². The van der Waals surface area contributed by atoms with Gasteiger partial charge in [0.2, 0.25) is 0 Å². The molecule has 1 aliphatic rings. The van der Waals surface area contributed by atoms with Gasteiger partial charge in [-0.25, -0.2) is 9.97 Å². The lowest BCUT2D eigenvalue weighted by molar-refractivity contribution is -0.256. The van der Waals surface area contributed by atoms with Crippen LogP contribution in [0.2, 0.25) is 0 Å². The molecule has 1 aliphatic heterocycles. The zero-order valence-corrected chi connectivity index (χ0v) is 14.1. The molecule has 1 aromatic heterocycles. The summed E-state index contributed by atoms with van der Waals surface area (Å²) in [6.45, 7) is 2.41. The van der Waals surface area contributed by atoms with Crippen molar-refractivity contribution in [1.29, 1.82) is 0 Å². The average molecular weight is 372 g/mol. The van der Waals surface area contributed by atoms with Gasteiger partial charge in [0.1, 0.15) is 11.7 Å². The van der Waals surface area contributed by atoms with Crippen molar-refractivity contribution in [1.82, 2.24) is 9.97 Å². The lowest BCUT2D eigenvalue weighted by Crippen LogP contribution is -2.26. The van der Waals surface area contributed by atoms with E-state index in [0.717, 1.165) is 11.1 Å². The van der Waals surface area contributed by atoms with Gasteiger partial charge in [-0.3, -0.25) is 4.99 Å². The van der Waals surface area contributed by atoms with Crippen LogP contribution >= 0.6 is 0 Å². The van der Waals surface area contributed by atoms with Gasteiger partial charge >= 0.3 is 6.18 Å². The molecule has 0 atom stereocenters. The second-order valence-electron chi connectivity index (χ2n) is 5.83. The summed E-state index contributed by atoms with van der Waals surface area (Å²) in [5, 5.41) is 10.9. The molecule has 0 saturated heterocycles. The maximum absolute atomic E-state index is 12.9. The molecule has 2 heterocycles. The summed E-state index contributed by atoms with van der Waals surface area (Å²) < 4.78 is 38.7. The molecule has 5 nitrogen and oxygen atoms in total. The molecule has 0 aliphatic carbocycles. The zero-order valence-electron chi connectivity index (χ0n) is 14.1. The number of carboxylic acid groups (broad SMARTS) is 1. The molecule has 0 amide bonds. The molecule has 0 radical (unpaired) electrons. The predicted molar refractivity (Wildman–Crippen MR) is 91.1 cm³/mol. The van der Waals surface area contributed by atoms with Gasteiger partial charge < -0.3 is 9.90 Å². The van der Waals surface area contributed by atoms with Gasteiger partial charge in [0.05, 0.1) is 18.0 Å². The number of nitrogens with zero attached hydrogens (tertiary/aromatic N) is 3. The zero-order chi connectivity index (χ0) is 19.6. The van der Waals surface area contributed by atoms with E-state index in [1.54, 1.807) is 6.08 Å². The quantitative estimate of drug-likeness (QED) is 0.827. The van der Waals surface area contributed by atoms with Gasteiger partial charge in [-0.1, -0.05) is 42.0 Å². The third-order valence-electron chi connectivity index (χ3n) is 3.81. The smallest absolute Gasteiger partial charge is 0.433 e. The van der Waals surface area contributed by atoms with E-state index >= 15 is 0 Å². The molecule has 138 valence electrons. The molecular formula is C19H13F3N3O2-. The van der Waals surface area contributed by atoms with E-state index in [0.29, 0.717) is 23.9 Å².